The maximum atomic E-state index is 12.7. The molecule has 0 unspecified atom stereocenters. The number of benzene rings is 2. The van der Waals surface area contributed by atoms with E-state index in [0.29, 0.717) is 25.0 Å². The van der Waals surface area contributed by atoms with Crippen LogP contribution in [0.1, 0.15) is 24.8 Å². The maximum absolute atomic E-state index is 12.7. The standard InChI is InChI=1S/C23H27N3O3/c27-22(12-6-15-26-20-10-4-5-11-21(20)29-23(26)28)25-14-7-13-24(16-17-25)18-19-8-2-1-3-9-19/h1-5,8-11H,6-7,12-18H2. The minimum Gasteiger partial charge on any atom is -0.408 e. The molecule has 0 radical (unpaired) electrons. The van der Waals surface area contributed by atoms with Crippen molar-refractivity contribution in [2.45, 2.75) is 32.4 Å². The van der Waals surface area contributed by atoms with E-state index in [1.54, 1.807) is 10.6 Å². The van der Waals surface area contributed by atoms with Crippen LogP contribution in [0, 0.1) is 0 Å². The topological polar surface area (TPSA) is 58.7 Å². The van der Waals surface area contributed by atoms with E-state index < -0.39 is 0 Å². The van der Waals surface area contributed by atoms with Crippen molar-refractivity contribution in [3.05, 3.63) is 70.7 Å². The SMILES string of the molecule is O=C(CCCn1c(=O)oc2ccccc21)N1CCCN(Cc2ccccc2)CC1. The van der Waals surface area contributed by atoms with Crippen molar-refractivity contribution in [2.75, 3.05) is 26.2 Å². The summed E-state index contributed by atoms with van der Waals surface area (Å²) in [5, 5.41) is 0. The zero-order valence-electron chi connectivity index (χ0n) is 16.6. The van der Waals surface area contributed by atoms with Crippen molar-refractivity contribution in [1.29, 1.82) is 0 Å². The van der Waals surface area contributed by atoms with E-state index in [9.17, 15) is 9.59 Å². The van der Waals surface area contributed by atoms with Gasteiger partial charge in [-0.05, 0) is 30.5 Å². The first kappa shape index (κ1) is 19.5. The number of amides is 1. The Balaban J connectivity index is 1.27. The van der Waals surface area contributed by atoms with E-state index in [-0.39, 0.29) is 11.7 Å². The highest BCUT2D eigenvalue weighted by atomic mass is 16.4. The lowest BCUT2D eigenvalue weighted by molar-refractivity contribution is -0.131. The third-order valence-electron chi connectivity index (χ3n) is 5.54. The Morgan fingerprint density at radius 1 is 0.931 bits per heavy atom. The molecule has 152 valence electrons. The fourth-order valence-corrected chi connectivity index (χ4v) is 3.99. The summed E-state index contributed by atoms with van der Waals surface area (Å²) in [5.41, 5.74) is 2.69. The number of oxazole rings is 1. The van der Waals surface area contributed by atoms with Crippen LogP contribution in [0.15, 0.2) is 63.8 Å². The van der Waals surface area contributed by atoms with Crippen LogP contribution in [-0.2, 0) is 17.9 Å². The van der Waals surface area contributed by atoms with Crippen LogP contribution in [0.4, 0.5) is 0 Å². The molecule has 2 aromatic carbocycles. The van der Waals surface area contributed by atoms with Gasteiger partial charge in [0.25, 0.3) is 0 Å². The van der Waals surface area contributed by atoms with Crippen molar-refractivity contribution >= 4 is 17.0 Å². The monoisotopic (exact) mass is 393 g/mol. The van der Waals surface area contributed by atoms with Crippen LogP contribution >= 0.6 is 0 Å². The van der Waals surface area contributed by atoms with Gasteiger partial charge in [-0.3, -0.25) is 14.3 Å². The van der Waals surface area contributed by atoms with Gasteiger partial charge in [-0.15, -0.1) is 0 Å². The number of rotatable bonds is 6. The highest BCUT2D eigenvalue weighted by Crippen LogP contribution is 2.14. The summed E-state index contributed by atoms with van der Waals surface area (Å²) >= 11 is 0. The number of aromatic nitrogens is 1. The van der Waals surface area contributed by atoms with Gasteiger partial charge in [0.15, 0.2) is 5.58 Å². The highest BCUT2D eigenvalue weighted by molar-refractivity contribution is 5.76. The Bertz CT molecular complexity index is 1010. The summed E-state index contributed by atoms with van der Waals surface area (Å²) in [6.45, 7) is 4.90. The Labute approximate surface area is 170 Å². The molecule has 1 amide bonds. The minimum absolute atomic E-state index is 0.174. The molecule has 1 aliphatic rings. The number of fused-ring (bicyclic) bond motifs is 1. The Kier molecular flexibility index (Phi) is 6.10. The lowest BCUT2D eigenvalue weighted by Crippen LogP contribution is -2.35. The predicted octanol–water partition coefficient (Wildman–Crippen LogP) is 3.11. The number of nitrogens with zero attached hydrogens (tertiary/aromatic N) is 3. The molecule has 29 heavy (non-hydrogen) atoms. The average Bonchev–Trinajstić information content (AvgIpc) is 2.89. The van der Waals surface area contributed by atoms with E-state index in [1.807, 2.05) is 29.2 Å². The van der Waals surface area contributed by atoms with Gasteiger partial charge in [-0.2, -0.15) is 0 Å². The molecule has 0 saturated carbocycles. The van der Waals surface area contributed by atoms with Gasteiger partial charge in [0.1, 0.15) is 0 Å². The van der Waals surface area contributed by atoms with Gasteiger partial charge in [0.2, 0.25) is 5.91 Å². The zero-order chi connectivity index (χ0) is 20.1. The smallest absolute Gasteiger partial charge is 0.408 e. The fraction of sp³-hybridized carbons (Fsp3) is 0.391. The van der Waals surface area contributed by atoms with E-state index in [2.05, 4.69) is 29.2 Å². The van der Waals surface area contributed by atoms with Gasteiger partial charge in [-0.25, -0.2) is 4.79 Å². The third kappa shape index (κ3) is 4.77. The van der Waals surface area contributed by atoms with Crippen molar-refractivity contribution in [3.8, 4) is 0 Å². The number of hydrogen-bond donors (Lipinski definition) is 0. The number of carbonyl (C=O) groups excluding carboxylic acids is 1. The fourth-order valence-electron chi connectivity index (χ4n) is 3.99. The van der Waals surface area contributed by atoms with Crippen LogP contribution < -0.4 is 5.76 Å². The van der Waals surface area contributed by atoms with Crippen molar-refractivity contribution in [1.82, 2.24) is 14.4 Å². The number of aryl methyl sites for hydroxylation is 1. The van der Waals surface area contributed by atoms with Crippen molar-refractivity contribution < 1.29 is 9.21 Å². The normalized spacial score (nSPS) is 15.5. The molecule has 4 rings (SSSR count). The van der Waals surface area contributed by atoms with Crippen LogP contribution in [0.2, 0.25) is 0 Å². The molecule has 0 N–H and O–H groups in total. The second kappa shape index (κ2) is 9.09. The Morgan fingerprint density at radius 3 is 2.59 bits per heavy atom. The second-order valence-corrected chi connectivity index (χ2v) is 7.59. The number of hydrogen-bond acceptors (Lipinski definition) is 4. The molecule has 0 bridgehead atoms. The molecule has 1 fully saturated rings. The molecule has 6 heteroatoms. The summed E-state index contributed by atoms with van der Waals surface area (Å²) in [4.78, 5) is 29.1. The van der Waals surface area contributed by atoms with Crippen LogP contribution in [0.3, 0.4) is 0 Å². The van der Waals surface area contributed by atoms with E-state index >= 15 is 0 Å². The molecule has 3 aromatic rings. The molecule has 1 aromatic heterocycles. The summed E-state index contributed by atoms with van der Waals surface area (Å²) in [7, 11) is 0. The number of carbonyl (C=O) groups is 1. The summed E-state index contributed by atoms with van der Waals surface area (Å²) in [6.07, 6.45) is 2.07. The first-order valence-corrected chi connectivity index (χ1v) is 10.3. The molecule has 1 aliphatic heterocycles. The predicted molar refractivity (Wildman–Crippen MR) is 113 cm³/mol. The van der Waals surface area contributed by atoms with E-state index in [0.717, 1.165) is 44.7 Å². The highest BCUT2D eigenvalue weighted by Gasteiger charge is 2.19. The minimum atomic E-state index is -0.357. The lowest BCUT2D eigenvalue weighted by atomic mass is 10.2. The van der Waals surface area contributed by atoms with Gasteiger partial charge < -0.3 is 9.32 Å². The second-order valence-electron chi connectivity index (χ2n) is 7.59. The Morgan fingerprint density at radius 2 is 1.72 bits per heavy atom. The van der Waals surface area contributed by atoms with Gasteiger partial charge in [-0.1, -0.05) is 42.5 Å². The van der Waals surface area contributed by atoms with Crippen molar-refractivity contribution in [2.24, 2.45) is 0 Å². The van der Waals surface area contributed by atoms with E-state index in [4.69, 9.17) is 4.42 Å². The molecule has 0 aliphatic carbocycles. The molecule has 6 nitrogen and oxygen atoms in total. The summed E-state index contributed by atoms with van der Waals surface area (Å²) in [5.74, 6) is -0.183. The molecule has 1 saturated heterocycles. The first-order chi connectivity index (χ1) is 14.2. The van der Waals surface area contributed by atoms with Crippen molar-refractivity contribution in [3.63, 3.8) is 0 Å². The third-order valence-corrected chi connectivity index (χ3v) is 5.54. The quantitative estimate of drug-likeness (QED) is 0.646. The molecule has 0 atom stereocenters. The average molecular weight is 393 g/mol. The van der Waals surface area contributed by atoms with Gasteiger partial charge in [0, 0.05) is 45.7 Å². The van der Waals surface area contributed by atoms with Crippen LogP contribution in [0.5, 0.6) is 0 Å². The molecular formula is C23H27N3O3. The molecule has 0 spiro atoms. The molecular weight excluding hydrogens is 366 g/mol. The van der Waals surface area contributed by atoms with Crippen LogP contribution in [-0.4, -0.2) is 46.5 Å². The maximum Gasteiger partial charge on any atom is 0.419 e. The summed E-state index contributed by atoms with van der Waals surface area (Å²) in [6, 6.07) is 17.9. The van der Waals surface area contributed by atoms with E-state index in [1.165, 1.54) is 5.56 Å². The molecule has 2 heterocycles. The Hall–Kier alpha value is -2.86. The zero-order valence-corrected chi connectivity index (χ0v) is 16.6. The van der Waals surface area contributed by atoms with Crippen LogP contribution in [0.25, 0.3) is 11.1 Å². The largest absolute Gasteiger partial charge is 0.419 e. The van der Waals surface area contributed by atoms with Gasteiger partial charge in [0.05, 0.1) is 5.52 Å². The summed E-state index contributed by atoms with van der Waals surface area (Å²) < 4.78 is 6.87. The lowest BCUT2D eigenvalue weighted by Gasteiger charge is -2.22. The van der Waals surface area contributed by atoms with Gasteiger partial charge >= 0.3 is 5.76 Å². The number of para-hydroxylation sites is 2. The first-order valence-electron chi connectivity index (χ1n) is 10.3.